The average Bonchev–Trinajstić information content (AvgIpc) is 2.71. The fraction of sp³-hybridized carbons (Fsp3) is 0.353. The number of aryl methyl sites for hydroxylation is 1. The van der Waals surface area contributed by atoms with Gasteiger partial charge >= 0.3 is 5.97 Å². The molecule has 2 N–H and O–H groups in total. The molecule has 0 bridgehead atoms. The number of aliphatic hydroxyl groups is 1. The van der Waals surface area contributed by atoms with Crippen molar-refractivity contribution in [3.05, 3.63) is 45.8 Å². The van der Waals surface area contributed by atoms with Gasteiger partial charge in [-0.15, -0.1) is 11.3 Å². The quantitative estimate of drug-likeness (QED) is 0.846. The van der Waals surface area contributed by atoms with Crippen molar-refractivity contribution in [2.45, 2.75) is 38.7 Å². The highest BCUT2D eigenvalue weighted by Crippen LogP contribution is 2.41. The van der Waals surface area contributed by atoms with Gasteiger partial charge in [0.1, 0.15) is 0 Å². The zero-order valence-electron chi connectivity index (χ0n) is 11.8. The van der Waals surface area contributed by atoms with Crippen LogP contribution < -0.4 is 0 Å². The molecule has 0 atom stereocenters. The zero-order valence-corrected chi connectivity index (χ0v) is 12.6. The summed E-state index contributed by atoms with van der Waals surface area (Å²) < 4.78 is 0. The highest BCUT2D eigenvalue weighted by Gasteiger charge is 2.25. The molecular formula is C17H18O3S. The number of hydrogen-bond donors (Lipinski definition) is 2. The van der Waals surface area contributed by atoms with E-state index in [0.29, 0.717) is 5.56 Å². The van der Waals surface area contributed by atoms with E-state index in [1.54, 1.807) is 11.3 Å². The Hall–Kier alpha value is -1.65. The first-order chi connectivity index (χ1) is 10.2. The second kappa shape index (κ2) is 6.00. The van der Waals surface area contributed by atoms with E-state index >= 15 is 0 Å². The van der Waals surface area contributed by atoms with Gasteiger partial charge in [-0.25, -0.2) is 4.79 Å². The van der Waals surface area contributed by atoms with Crippen molar-refractivity contribution in [2.24, 2.45) is 0 Å². The topological polar surface area (TPSA) is 57.5 Å². The molecule has 0 unspecified atom stereocenters. The summed E-state index contributed by atoms with van der Waals surface area (Å²) in [5.74, 6) is -0.850. The third-order valence-electron chi connectivity index (χ3n) is 4.07. The van der Waals surface area contributed by atoms with Crippen molar-refractivity contribution in [1.29, 1.82) is 0 Å². The second-order valence-corrected chi connectivity index (χ2v) is 6.49. The summed E-state index contributed by atoms with van der Waals surface area (Å²) in [4.78, 5) is 13.8. The second-order valence-electron chi connectivity index (χ2n) is 5.39. The van der Waals surface area contributed by atoms with E-state index in [1.165, 1.54) is 11.3 Å². The van der Waals surface area contributed by atoms with Crippen LogP contribution in [-0.2, 0) is 19.4 Å². The number of aliphatic hydroxyl groups excluding tert-OH is 1. The minimum Gasteiger partial charge on any atom is -0.478 e. The Morgan fingerprint density at radius 2 is 1.90 bits per heavy atom. The monoisotopic (exact) mass is 302 g/mol. The number of fused-ring (bicyclic) bond motifs is 1. The molecule has 1 aromatic heterocycles. The van der Waals surface area contributed by atoms with Gasteiger partial charge in [0.25, 0.3) is 0 Å². The van der Waals surface area contributed by atoms with Crippen molar-refractivity contribution >= 4 is 17.3 Å². The Bertz CT molecular complexity index is 673. The molecule has 3 rings (SSSR count). The Kier molecular flexibility index (Phi) is 4.08. The number of carbonyl (C=O) groups is 1. The van der Waals surface area contributed by atoms with E-state index in [1.807, 2.05) is 24.3 Å². The van der Waals surface area contributed by atoms with Crippen molar-refractivity contribution in [1.82, 2.24) is 0 Å². The van der Waals surface area contributed by atoms with E-state index in [4.69, 9.17) is 0 Å². The summed E-state index contributed by atoms with van der Waals surface area (Å²) in [7, 11) is 0. The van der Waals surface area contributed by atoms with Gasteiger partial charge in [-0.05, 0) is 42.4 Å². The molecule has 4 heteroatoms. The molecule has 0 saturated carbocycles. The maximum atomic E-state index is 11.8. The Balaban J connectivity index is 2.21. The molecular weight excluding hydrogens is 284 g/mol. The lowest BCUT2D eigenvalue weighted by Gasteiger charge is -2.07. The molecule has 0 spiro atoms. The molecule has 0 amide bonds. The van der Waals surface area contributed by atoms with Crippen LogP contribution in [-0.4, -0.2) is 16.2 Å². The first kappa shape index (κ1) is 14.3. The summed E-state index contributed by atoms with van der Waals surface area (Å²) in [5.41, 5.74) is 3.12. The van der Waals surface area contributed by atoms with E-state index in [0.717, 1.165) is 47.3 Å². The highest BCUT2D eigenvalue weighted by atomic mass is 32.1. The molecule has 1 aliphatic rings. The molecule has 21 heavy (non-hydrogen) atoms. The SMILES string of the molecule is O=C(O)c1c(-c2ccccc2CO)sc2c1CCCCC2. The highest BCUT2D eigenvalue weighted by molar-refractivity contribution is 7.16. The average molecular weight is 302 g/mol. The first-order valence-electron chi connectivity index (χ1n) is 7.29. The fourth-order valence-electron chi connectivity index (χ4n) is 3.04. The van der Waals surface area contributed by atoms with Crippen LogP contribution in [0.25, 0.3) is 10.4 Å². The van der Waals surface area contributed by atoms with Gasteiger partial charge in [-0.2, -0.15) is 0 Å². The minimum absolute atomic E-state index is 0.0716. The van der Waals surface area contributed by atoms with Gasteiger partial charge in [0.05, 0.1) is 12.2 Å². The van der Waals surface area contributed by atoms with Crippen LogP contribution in [0.3, 0.4) is 0 Å². The van der Waals surface area contributed by atoms with Gasteiger partial charge in [0, 0.05) is 9.75 Å². The Morgan fingerprint density at radius 1 is 1.14 bits per heavy atom. The lowest BCUT2D eigenvalue weighted by Crippen LogP contribution is -2.02. The molecule has 0 saturated heterocycles. The summed E-state index contributed by atoms with van der Waals surface area (Å²) in [6, 6.07) is 7.52. The summed E-state index contributed by atoms with van der Waals surface area (Å²) in [6.45, 7) is -0.0716. The Morgan fingerprint density at radius 3 is 2.67 bits per heavy atom. The number of carboxylic acids is 1. The molecule has 0 radical (unpaired) electrons. The summed E-state index contributed by atoms with van der Waals surface area (Å²) in [5, 5.41) is 19.2. The normalized spacial score (nSPS) is 14.5. The van der Waals surface area contributed by atoms with Crippen molar-refractivity contribution in [3.8, 4) is 10.4 Å². The van der Waals surface area contributed by atoms with Gasteiger partial charge in [0.15, 0.2) is 0 Å². The Labute approximate surface area is 127 Å². The van der Waals surface area contributed by atoms with E-state index in [-0.39, 0.29) is 6.61 Å². The van der Waals surface area contributed by atoms with Crippen LogP contribution in [0.4, 0.5) is 0 Å². The number of aromatic carboxylic acids is 1. The number of benzene rings is 1. The predicted octanol–water partition coefficient (Wildman–Crippen LogP) is 3.87. The summed E-state index contributed by atoms with van der Waals surface area (Å²) in [6.07, 6.45) is 5.19. The molecule has 3 nitrogen and oxygen atoms in total. The van der Waals surface area contributed by atoms with Gasteiger partial charge in [0.2, 0.25) is 0 Å². The summed E-state index contributed by atoms with van der Waals surface area (Å²) >= 11 is 1.59. The maximum absolute atomic E-state index is 11.8. The molecule has 1 aromatic carbocycles. The number of rotatable bonds is 3. The van der Waals surface area contributed by atoms with Crippen molar-refractivity contribution in [2.75, 3.05) is 0 Å². The third-order valence-corrected chi connectivity index (χ3v) is 5.39. The largest absolute Gasteiger partial charge is 0.478 e. The predicted molar refractivity (Wildman–Crippen MR) is 83.9 cm³/mol. The molecule has 1 aliphatic carbocycles. The maximum Gasteiger partial charge on any atom is 0.337 e. The molecule has 2 aromatic rings. The van der Waals surface area contributed by atoms with Crippen LogP contribution in [0.15, 0.2) is 24.3 Å². The van der Waals surface area contributed by atoms with Gasteiger partial charge < -0.3 is 10.2 Å². The molecule has 0 aliphatic heterocycles. The smallest absolute Gasteiger partial charge is 0.337 e. The van der Waals surface area contributed by atoms with Crippen LogP contribution in [0.1, 0.15) is 45.6 Å². The van der Waals surface area contributed by atoms with Gasteiger partial charge in [-0.1, -0.05) is 30.7 Å². The number of carboxylic acid groups (broad SMARTS) is 1. The van der Waals surface area contributed by atoms with Crippen LogP contribution in [0.5, 0.6) is 0 Å². The van der Waals surface area contributed by atoms with Crippen LogP contribution in [0, 0.1) is 0 Å². The van der Waals surface area contributed by atoms with E-state index in [9.17, 15) is 15.0 Å². The molecule has 110 valence electrons. The fourth-order valence-corrected chi connectivity index (χ4v) is 4.48. The lowest BCUT2D eigenvalue weighted by atomic mass is 9.98. The minimum atomic E-state index is -0.850. The van der Waals surface area contributed by atoms with Crippen molar-refractivity contribution < 1.29 is 15.0 Å². The third kappa shape index (κ3) is 2.61. The zero-order chi connectivity index (χ0) is 14.8. The lowest BCUT2D eigenvalue weighted by molar-refractivity contribution is 0.0697. The molecule has 0 fully saturated rings. The van der Waals surface area contributed by atoms with E-state index < -0.39 is 5.97 Å². The first-order valence-corrected chi connectivity index (χ1v) is 8.11. The van der Waals surface area contributed by atoms with Crippen molar-refractivity contribution in [3.63, 3.8) is 0 Å². The number of hydrogen-bond acceptors (Lipinski definition) is 3. The molecule has 1 heterocycles. The van der Waals surface area contributed by atoms with Crippen LogP contribution >= 0.6 is 11.3 Å². The van der Waals surface area contributed by atoms with E-state index in [2.05, 4.69) is 0 Å². The standard InChI is InChI=1S/C17H18O3S/c18-10-11-6-4-5-7-12(11)16-15(17(19)20)13-8-2-1-3-9-14(13)21-16/h4-7,18H,1-3,8-10H2,(H,19,20). The van der Waals surface area contributed by atoms with Crippen LogP contribution in [0.2, 0.25) is 0 Å². The number of thiophene rings is 1. The van der Waals surface area contributed by atoms with Gasteiger partial charge in [-0.3, -0.25) is 0 Å².